The quantitative estimate of drug-likeness (QED) is 0.892. The fourth-order valence-electron chi connectivity index (χ4n) is 2.98. The van der Waals surface area contributed by atoms with Crippen LogP contribution >= 0.6 is 11.3 Å². The van der Waals surface area contributed by atoms with Gasteiger partial charge in [-0.25, -0.2) is 28.1 Å². The fourth-order valence-corrected chi connectivity index (χ4v) is 3.79. The van der Waals surface area contributed by atoms with E-state index in [1.54, 1.807) is 18.1 Å². The van der Waals surface area contributed by atoms with Crippen LogP contribution in [0.1, 0.15) is 17.1 Å². The van der Waals surface area contributed by atoms with E-state index in [-0.39, 0.29) is 18.9 Å². The first kappa shape index (κ1) is 17.1. The Bertz CT molecular complexity index is 676. The molecule has 0 bridgehead atoms. The molecule has 3 rings (SSSR count). The Balaban J connectivity index is 1.66. The zero-order chi connectivity index (χ0) is 17.2. The molecule has 1 atom stereocenters. The molecule has 2 aromatic heterocycles. The Morgan fingerprint density at radius 3 is 2.71 bits per heavy atom. The van der Waals surface area contributed by atoms with Crippen molar-refractivity contribution in [2.45, 2.75) is 25.3 Å². The van der Waals surface area contributed by atoms with Crippen LogP contribution in [-0.4, -0.2) is 45.9 Å². The molecule has 1 fully saturated rings. The molecule has 0 radical (unpaired) electrons. The molecule has 1 N–H and O–H groups in total. The van der Waals surface area contributed by atoms with Crippen molar-refractivity contribution in [3.8, 4) is 0 Å². The van der Waals surface area contributed by atoms with Crippen LogP contribution in [0.4, 0.5) is 18.3 Å². The standard InChI is InChI=1S/C15H18F3N5S/c1-19-14-22-6-12(24-14)8-23-7-10(3-15(17,18)9-23)2-13-20-4-11(16)5-21-13/h4-6,10H,2-3,7-9H2,1H3,(H,19,22). The van der Waals surface area contributed by atoms with Crippen molar-refractivity contribution in [2.75, 3.05) is 25.5 Å². The second kappa shape index (κ2) is 7.02. The van der Waals surface area contributed by atoms with E-state index < -0.39 is 11.7 Å². The molecule has 0 saturated carbocycles. The first-order valence-electron chi connectivity index (χ1n) is 7.62. The zero-order valence-electron chi connectivity index (χ0n) is 13.2. The topological polar surface area (TPSA) is 53.9 Å². The Morgan fingerprint density at radius 2 is 2.04 bits per heavy atom. The lowest BCUT2D eigenvalue weighted by molar-refractivity contribution is -0.0866. The van der Waals surface area contributed by atoms with Crippen LogP contribution in [0.15, 0.2) is 18.6 Å². The molecule has 1 aliphatic rings. The van der Waals surface area contributed by atoms with Crippen molar-refractivity contribution in [1.29, 1.82) is 0 Å². The maximum absolute atomic E-state index is 14.1. The Kier molecular flexibility index (Phi) is 5.00. The maximum atomic E-state index is 14.1. The first-order valence-corrected chi connectivity index (χ1v) is 8.44. The Hall–Kier alpha value is -1.74. The third-order valence-electron chi connectivity index (χ3n) is 3.85. The SMILES string of the molecule is CNc1ncc(CN2CC(Cc3ncc(F)cn3)CC(F)(F)C2)s1. The summed E-state index contributed by atoms with van der Waals surface area (Å²) >= 11 is 1.46. The minimum absolute atomic E-state index is 0.200. The number of nitrogens with one attached hydrogen (secondary N) is 1. The number of nitrogens with zero attached hydrogens (tertiary/aromatic N) is 4. The van der Waals surface area contributed by atoms with Crippen molar-refractivity contribution in [3.63, 3.8) is 0 Å². The van der Waals surface area contributed by atoms with E-state index in [1.165, 1.54) is 11.3 Å². The lowest BCUT2D eigenvalue weighted by Gasteiger charge is -2.37. The number of hydrogen-bond acceptors (Lipinski definition) is 6. The molecule has 130 valence electrons. The predicted molar refractivity (Wildman–Crippen MR) is 85.7 cm³/mol. The average molecular weight is 357 g/mol. The average Bonchev–Trinajstić information content (AvgIpc) is 2.95. The van der Waals surface area contributed by atoms with Crippen LogP contribution in [-0.2, 0) is 13.0 Å². The van der Waals surface area contributed by atoms with Gasteiger partial charge in [0.2, 0.25) is 0 Å². The highest BCUT2D eigenvalue weighted by Crippen LogP contribution is 2.33. The van der Waals surface area contributed by atoms with E-state index in [1.807, 2.05) is 0 Å². The summed E-state index contributed by atoms with van der Waals surface area (Å²) in [5.74, 6) is -3.15. The van der Waals surface area contributed by atoms with Gasteiger partial charge in [0.1, 0.15) is 5.82 Å². The van der Waals surface area contributed by atoms with E-state index in [4.69, 9.17) is 0 Å². The van der Waals surface area contributed by atoms with Gasteiger partial charge in [0.15, 0.2) is 10.9 Å². The highest BCUT2D eigenvalue weighted by Gasteiger charge is 2.40. The van der Waals surface area contributed by atoms with E-state index in [0.29, 0.717) is 25.3 Å². The third kappa shape index (κ3) is 4.41. The van der Waals surface area contributed by atoms with Gasteiger partial charge in [-0.2, -0.15) is 0 Å². The van der Waals surface area contributed by atoms with Gasteiger partial charge in [0.25, 0.3) is 5.92 Å². The molecule has 3 heterocycles. The summed E-state index contributed by atoms with van der Waals surface area (Å²) in [6.45, 7) is 0.708. The van der Waals surface area contributed by atoms with Crippen molar-refractivity contribution in [2.24, 2.45) is 5.92 Å². The van der Waals surface area contributed by atoms with Gasteiger partial charge < -0.3 is 5.32 Å². The van der Waals surface area contributed by atoms with Gasteiger partial charge in [-0.1, -0.05) is 0 Å². The van der Waals surface area contributed by atoms with Crippen molar-refractivity contribution in [3.05, 3.63) is 35.1 Å². The zero-order valence-corrected chi connectivity index (χ0v) is 14.0. The molecule has 5 nitrogen and oxygen atoms in total. The molecule has 0 aliphatic carbocycles. The number of likely N-dealkylation sites (tertiary alicyclic amines) is 1. The Morgan fingerprint density at radius 1 is 1.29 bits per heavy atom. The summed E-state index contributed by atoms with van der Waals surface area (Å²) in [4.78, 5) is 14.6. The number of piperidine rings is 1. The second-order valence-corrected chi connectivity index (χ2v) is 7.11. The first-order chi connectivity index (χ1) is 11.4. The molecule has 24 heavy (non-hydrogen) atoms. The lowest BCUT2D eigenvalue weighted by Crippen LogP contribution is -2.47. The summed E-state index contributed by atoms with van der Waals surface area (Å²) in [6.07, 6.45) is 3.96. The summed E-state index contributed by atoms with van der Waals surface area (Å²) < 4.78 is 41.0. The molecule has 0 amide bonds. The van der Waals surface area contributed by atoms with Crippen LogP contribution in [0.3, 0.4) is 0 Å². The molecule has 9 heteroatoms. The molecular formula is C15H18F3N5S. The summed E-state index contributed by atoms with van der Waals surface area (Å²) in [5, 5.41) is 3.71. The highest BCUT2D eigenvalue weighted by molar-refractivity contribution is 7.15. The van der Waals surface area contributed by atoms with Crippen molar-refractivity contribution >= 4 is 16.5 Å². The summed E-state index contributed by atoms with van der Waals surface area (Å²) in [5.41, 5.74) is 0. The van der Waals surface area contributed by atoms with Crippen molar-refractivity contribution in [1.82, 2.24) is 19.9 Å². The monoisotopic (exact) mass is 357 g/mol. The predicted octanol–water partition coefficient (Wildman–Crippen LogP) is 2.81. The molecule has 1 unspecified atom stereocenters. The molecule has 0 spiro atoms. The van der Waals surface area contributed by atoms with Crippen LogP contribution in [0, 0.1) is 11.7 Å². The molecule has 0 aromatic carbocycles. The molecule has 2 aromatic rings. The van der Waals surface area contributed by atoms with Gasteiger partial charge in [0, 0.05) is 44.1 Å². The van der Waals surface area contributed by atoms with Gasteiger partial charge in [-0.15, -0.1) is 11.3 Å². The number of halogens is 3. The van der Waals surface area contributed by atoms with Gasteiger partial charge >= 0.3 is 0 Å². The molecule has 1 saturated heterocycles. The number of aromatic nitrogens is 3. The summed E-state index contributed by atoms with van der Waals surface area (Å²) in [6, 6.07) is 0. The van der Waals surface area contributed by atoms with Crippen molar-refractivity contribution < 1.29 is 13.2 Å². The van der Waals surface area contributed by atoms with E-state index in [0.717, 1.165) is 22.4 Å². The normalized spacial score (nSPS) is 20.9. The Labute approximate surface area is 142 Å². The number of hydrogen-bond donors (Lipinski definition) is 1. The van der Waals surface area contributed by atoms with E-state index >= 15 is 0 Å². The van der Waals surface area contributed by atoms with Crippen LogP contribution in [0.25, 0.3) is 0 Å². The molecular weight excluding hydrogens is 339 g/mol. The van der Waals surface area contributed by atoms with E-state index in [9.17, 15) is 13.2 Å². The summed E-state index contributed by atoms with van der Waals surface area (Å²) in [7, 11) is 1.77. The minimum atomic E-state index is -2.75. The minimum Gasteiger partial charge on any atom is -0.365 e. The number of alkyl halides is 2. The maximum Gasteiger partial charge on any atom is 0.260 e. The van der Waals surface area contributed by atoms with Gasteiger partial charge in [0.05, 0.1) is 18.9 Å². The van der Waals surface area contributed by atoms with Gasteiger partial charge in [-0.3, -0.25) is 4.90 Å². The fraction of sp³-hybridized carbons (Fsp3) is 0.533. The third-order valence-corrected chi connectivity index (χ3v) is 4.85. The lowest BCUT2D eigenvalue weighted by atomic mass is 9.92. The van der Waals surface area contributed by atoms with E-state index in [2.05, 4.69) is 20.3 Å². The number of thiazole rings is 1. The largest absolute Gasteiger partial charge is 0.365 e. The number of rotatable bonds is 5. The second-order valence-electron chi connectivity index (χ2n) is 6.00. The highest BCUT2D eigenvalue weighted by atomic mass is 32.1. The molecule has 1 aliphatic heterocycles. The van der Waals surface area contributed by atoms with Crippen LogP contribution < -0.4 is 5.32 Å². The van der Waals surface area contributed by atoms with Crippen LogP contribution in [0.2, 0.25) is 0 Å². The number of anilines is 1. The van der Waals surface area contributed by atoms with Gasteiger partial charge in [-0.05, 0) is 5.92 Å². The van der Waals surface area contributed by atoms with Crippen LogP contribution in [0.5, 0.6) is 0 Å². The smallest absolute Gasteiger partial charge is 0.260 e.